The van der Waals surface area contributed by atoms with Crippen LogP contribution in [0.4, 0.5) is 0 Å². The van der Waals surface area contributed by atoms with Gasteiger partial charge in [-0.15, -0.1) is 11.3 Å². The van der Waals surface area contributed by atoms with E-state index in [2.05, 4.69) is 17.6 Å². The van der Waals surface area contributed by atoms with Crippen molar-refractivity contribution in [1.29, 1.82) is 0 Å². The monoisotopic (exact) mass is 242 g/mol. The molecule has 5 heteroatoms. The van der Waals surface area contributed by atoms with E-state index in [1.807, 2.05) is 5.38 Å². The van der Waals surface area contributed by atoms with Gasteiger partial charge in [0, 0.05) is 13.1 Å². The number of hydrogen-bond acceptors (Lipinski definition) is 4. The first-order valence-corrected chi connectivity index (χ1v) is 6.28. The lowest BCUT2D eigenvalue weighted by molar-refractivity contribution is 0.0955. The third-order valence-electron chi connectivity index (χ3n) is 2.07. The number of hydrogen-bond donors (Lipinski definition) is 2. The third-order valence-corrected chi connectivity index (χ3v) is 2.96. The van der Waals surface area contributed by atoms with Gasteiger partial charge in [-0.2, -0.15) is 0 Å². The Morgan fingerprint density at radius 3 is 2.94 bits per heavy atom. The SMILES string of the molecule is CCCNCCNC(=O)c1sccc1OC. The highest BCUT2D eigenvalue weighted by Gasteiger charge is 2.12. The van der Waals surface area contributed by atoms with E-state index in [1.165, 1.54) is 11.3 Å². The first kappa shape index (κ1) is 13.0. The molecule has 4 nitrogen and oxygen atoms in total. The van der Waals surface area contributed by atoms with Gasteiger partial charge in [-0.25, -0.2) is 0 Å². The minimum atomic E-state index is -0.0647. The maximum Gasteiger partial charge on any atom is 0.265 e. The summed E-state index contributed by atoms with van der Waals surface area (Å²) in [6.07, 6.45) is 1.10. The summed E-state index contributed by atoms with van der Waals surface area (Å²) in [4.78, 5) is 12.3. The lowest BCUT2D eigenvalue weighted by Gasteiger charge is -2.06. The Morgan fingerprint density at radius 2 is 2.25 bits per heavy atom. The van der Waals surface area contributed by atoms with Gasteiger partial charge in [0.25, 0.3) is 5.91 Å². The van der Waals surface area contributed by atoms with Crippen LogP contribution < -0.4 is 15.4 Å². The van der Waals surface area contributed by atoms with Crippen LogP contribution in [0, 0.1) is 0 Å². The van der Waals surface area contributed by atoms with Crippen molar-refractivity contribution in [3.8, 4) is 5.75 Å². The Kier molecular flexibility index (Phi) is 5.88. The van der Waals surface area contributed by atoms with Gasteiger partial charge in [0.2, 0.25) is 0 Å². The first-order valence-electron chi connectivity index (χ1n) is 5.40. The number of thiophene rings is 1. The Labute approximate surface area is 100 Å². The molecule has 0 aliphatic rings. The summed E-state index contributed by atoms with van der Waals surface area (Å²) >= 11 is 1.39. The lowest BCUT2D eigenvalue weighted by Crippen LogP contribution is -2.31. The summed E-state index contributed by atoms with van der Waals surface area (Å²) in [7, 11) is 1.57. The molecule has 1 heterocycles. The molecule has 0 saturated carbocycles. The summed E-state index contributed by atoms with van der Waals surface area (Å²) < 4.78 is 5.09. The van der Waals surface area contributed by atoms with Crippen molar-refractivity contribution in [3.05, 3.63) is 16.3 Å². The van der Waals surface area contributed by atoms with Crippen molar-refractivity contribution < 1.29 is 9.53 Å². The molecule has 1 aromatic heterocycles. The molecule has 16 heavy (non-hydrogen) atoms. The summed E-state index contributed by atoms with van der Waals surface area (Å²) in [6, 6.07) is 1.80. The predicted octanol–water partition coefficient (Wildman–Crippen LogP) is 1.49. The first-order chi connectivity index (χ1) is 7.79. The Bertz CT molecular complexity index is 326. The summed E-state index contributed by atoms with van der Waals surface area (Å²) in [5, 5.41) is 7.92. The molecular weight excluding hydrogens is 224 g/mol. The van der Waals surface area contributed by atoms with Gasteiger partial charge in [-0.3, -0.25) is 4.79 Å². The normalized spacial score (nSPS) is 10.1. The van der Waals surface area contributed by atoms with E-state index in [-0.39, 0.29) is 5.91 Å². The van der Waals surface area contributed by atoms with Crippen molar-refractivity contribution in [1.82, 2.24) is 10.6 Å². The molecule has 0 fully saturated rings. The topological polar surface area (TPSA) is 50.4 Å². The number of amides is 1. The molecule has 0 unspecified atom stereocenters. The van der Waals surface area contributed by atoms with Crippen molar-refractivity contribution >= 4 is 17.2 Å². The molecular formula is C11H18N2O2S. The van der Waals surface area contributed by atoms with Gasteiger partial charge in [0.1, 0.15) is 10.6 Å². The van der Waals surface area contributed by atoms with E-state index < -0.39 is 0 Å². The summed E-state index contributed by atoms with van der Waals surface area (Å²) in [6.45, 7) is 4.54. The Balaban J connectivity index is 2.30. The number of ether oxygens (including phenoxy) is 1. The zero-order chi connectivity index (χ0) is 11.8. The molecule has 1 rings (SSSR count). The average molecular weight is 242 g/mol. The molecule has 1 aromatic rings. The van der Waals surface area contributed by atoms with Crippen molar-refractivity contribution in [2.75, 3.05) is 26.7 Å². The van der Waals surface area contributed by atoms with Crippen molar-refractivity contribution in [2.45, 2.75) is 13.3 Å². The number of carbonyl (C=O) groups is 1. The van der Waals surface area contributed by atoms with Gasteiger partial charge in [-0.1, -0.05) is 6.92 Å². The number of methoxy groups -OCH3 is 1. The van der Waals surface area contributed by atoms with Crippen LogP contribution in [0.25, 0.3) is 0 Å². The van der Waals surface area contributed by atoms with Crippen LogP contribution in [-0.2, 0) is 0 Å². The van der Waals surface area contributed by atoms with E-state index in [1.54, 1.807) is 13.2 Å². The van der Waals surface area contributed by atoms with E-state index in [9.17, 15) is 4.79 Å². The molecule has 2 N–H and O–H groups in total. The maximum absolute atomic E-state index is 11.7. The van der Waals surface area contributed by atoms with E-state index >= 15 is 0 Å². The molecule has 1 amide bonds. The second-order valence-corrected chi connectivity index (χ2v) is 4.24. The van der Waals surface area contributed by atoms with Crippen LogP contribution in [0.3, 0.4) is 0 Å². The third kappa shape index (κ3) is 3.83. The summed E-state index contributed by atoms with van der Waals surface area (Å²) in [5.74, 6) is 0.578. The summed E-state index contributed by atoms with van der Waals surface area (Å²) in [5.41, 5.74) is 0. The average Bonchev–Trinajstić information content (AvgIpc) is 2.76. The highest BCUT2D eigenvalue weighted by molar-refractivity contribution is 7.12. The Hall–Kier alpha value is -1.07. The molecule has 90 valence electrons. The van der Waals surface area contributed by atoms with Crippen LogP contribution in [0.5, 0.6) is 5.75 Å². The highest BCUT2D eigenvalue weighted by atomic mass is 32.1. The molecule has 0 aliphatic heterocycles. The molecule has 0 spiro atoms. The largest absolute Gasteiger partial charge is 0.495 e. The predicted molar refractivity (Wildman–Crippen MR) is 66.4 cm³/mol. The van der Waals surface area contributed by atoms with Crippen molar-refractivity contribution in [2.24, 2.45) is 0 Å². The van der Waals surface area contributed by atoms with Gasteiger partial charge in [0.05, 0.1) is 7.11 Å². The van der Waals surface area contributed by atoms with Gasteiger partial charge in [-0.05, 0) is 24.4 Å². The molecule has 0 atom stereocenters. The fourth-order valence-electron chi connectivity index (χ4n) is 1.27. The zero-order valence-corrected chi connectivity index (χ0v) is 10.5. The lowest BCUT2D eigenvalue weighted by atomic mass is 10.4. The second kappa shape index (κ2) is 7.24. The Morgan fingerprint density at radius 1 is 1.44 bits per heavy atom. The molecule has 0 aromatic carbocycles. The van der Waals surface area contributed by atoms with E-state index in [0.717, 1.165) is 19.5 Å². The van der Waals surface area contributed by atoms with Crippen LogP contribution in [0.2, 0.25) is 0 Å². The standard InChI is InChI=1S/C11H18N2O2S/c1-3-5-12-6-7-13-11(14)10-9(15-2)4-8-16-10/h4,8,12H,3,5-7H2,1-2H3,(H,13,14). The minimum Gasteiger partial charge on any atom is -0.495 e. The second-order valence-electron chi connectivity index (χ2n) is 3.32. The number of carbonyl (C=O) groups excluding carboxylic acids is 1. The van der Waals surface area contributed by atoms with E-state index in [4.69, 9.17) is 4.74 Å². The maximum atomic E-state index is 11.7. The fourth-order valence-corrected chi connectivity index (χ4v) is 2.04. The number of nitrogens with one attached hydrogen (secondary N) is 2. The smallest absolute Gasteiger partial charge is 0.265 e. The van der Waals surface area contributed by atoms with E-state index in [0.29, 0.717) is 17.2 Å². The molecule has 0 radical (unpaired) electrons. The van der Waals surface area contributed by atoms with Crippen molar-refractivity contribution in [3.63, 3.8) is 0 Å². The quantitative estimate of drug-likeness (QED) is 0.712. The molecule has 0 bridgehead atoms. The van der Waals surface area contributed by atoms with Crippen LogP contribution in [0.1, 0.15) is 23.0 Å². The molecule has 0 saturated heterocycles. The van der Waals surface area contributed by atoms with Crippen LogP contribution in [-0.4, -0.2) is 32.7 Å². The van der Waals surface area contributed by atoms with Gasteiger partial charge in [0.15, 0.2) is 0 Å². The van der Waals surface area contributed by atoms with Gasteiger partial charge >= 0.3 is 0 Å². The van der Waals surface area contributed by atoms with Crippen LogP contribution in [0.15, 0.2) is 11.4 Å². The van der Waals surface area contributed by atoms with Crippen LogP contribution >= 0.6 is 11.3 Å². The van der Waals surface area contributed by atoms with Gasteiger partial charge < -0.3 is 15.4 Å². The minimum absolute atomic E-state index is 0.0647. The zero-order valence-electron chi connectivity index (χ0n) is 9.71. The highest BCUT2D eigenvalue weighted by Crippen LogP contribution is 2.23. The molecule has 0 aliphatic carbocycles. The fraction of sp³-hybridized carbons (Fsp3) is 0.545. The number of rotatable bonds is 7.